The van der Waals surface area contributed by atoms with E-state index in [1.807, 2.05) is 54.6 Å². The highest BCUT2D eigenvalue weighted by Crippen LogP contribution is 2.32. The molecule has 0 bridgehead atoms. The molecule has 0 aromatic heterocycles. The van der Waals surface area contributed by atoms with Crippen LogP contribution in [0.4, 0.5) is 11.4 Å². The van der Waals surface area contributed by atoms with Crippen molar-refractivity contribution in [2.75, 3.05) is 23.9 Å². The van der Waals surface area contributed by atoms with Gasteiger partial charge in [0.05, 0.1) is 24.4 Å². The molecule has 5 heteroatoms. The summed E-state index contributed by atoms with van der Waals surface area (Å²) in [5, 5.41) is 4.98. The largest absolute Gasteiger partial charge is 0.495 e. The maximum Gasteiger partial charge on any atom is 0.229 e. The molecule has 1 aliphatic heterocycles. The van der Waals surface area contributed by atoms with Crippen molar-refractivity contribution in [3.63, 3.8) is 0 Å². The molecule has 1 N–H and O–H groups in total. The van der Waals surface area contributed by atoms with Gasteiger partial charge in [-0.15, -0.1) is 0 Å². The monoisotopic (exact) mass is 360 g/mol. The van der Waals surface area contributed by atoms with Gasteiger partial charge in [-0.25, -0.2) is 0 Å². The minimum Gasteiger partial charge on any atom is -0.495 e. The molecule has 0 aliphatic carbocycles. The number of fused-ring (bicyclic) bond motifs is 1. The molecule has 1 atom stereocenters. The Morgan fingerprint density at radius 3 is 2.63 bits per heavy atom. The number of benzene rings is 3. The van der Waals surface area contributed by atoms with Gasteiger partial charge in [0.1, 0.15) is 5.75 Å². The van der Waals surface area contributed by atoms with Crippen LogP contribution in [0, 0.1) is 5.92 Å². The predicted octanol–water partition coefficient (Wildman–Crippen LogP) is 3.84. The number of nitrogens with zero attached hydrogens (tertiary/aromatic N) is 1. The Morgan fingerprint density at radius 2 is 1.78 bits per heavy atom. The molecule has 136 valence electrons. The van der Waals surface area contributed by atoms with Crippen molar-refractivity contribution >= 4 is 34.0 Å². The summed E-state index contributed by atoms with van der Waals surface area (Å²) in [5.74, 6) is -0.00965. The Kier molecular flexibility index (Phi) is 4.50. The van der Waals surface area contributed by atoms with Crippen LogP contribution in [0.15, 0.2) is 66.7 Å². The van der Waals surface area contributed by atoms with Gasteiger partial charge in [0.2, 0.25) is 11.8 Å². The molecule has 0 radical (unpaired) electrons. The van der Waals surface area contributed by atoms with Crippen LogP contribution in [-0.4, -0.2) is 25.5 Å². The Labute approximate surface area is 157 Å². The lowest BCUT2D eigenvalue weighted by Crippen LogP contribution is -2.28. The number of ether oxygens (including phenoxy) is 1. The van der Waals surface area contributed by atoms with Gasteiger partial charge in [-0.3, -0.25) is 9.59 Å². The first-order valence-electron chi connectivity index (χ1n) is 8.89. The molecule has 27 heavy (non-hydrogen) atoms. The highest BCUT2D eigenvalue weighted by molar-refractivity contribution is 6.08. The molecule has 0 spiro atoms. The Bertz CT molecular complexity index is 1010. The molecule has 1 fully saturated rings. The van der Waals surface area contributed by atoms with Crippen molar-refractivity contribution in [3.8, 4) is 5.75 Å². The van der Waals surface area contributed by atoms with Gasteiger partial charge in [0.15, 0.2) is 0 Å². The molecule has 3 aromatic carbocycles. The maximum atomic E-state index is 12.7. The average Bonchev–Trinajstić information content (AvgIpc) is 3.09. The van der Waals surface area contributed by atoms with Gasteiger partial charge in [-0.05, 0) is 23.6 Å². The fourth-order valence-corrected chi connectivity index (χ4v) is 3.54. The molecular formula is C22H20N2O3. The number of para-hydroxylation sites is 2. The second-order valence-electron chi connectivity index (χ2n) is 6.59. The number of anilines is 2. The lowest BCUT2D eigenvalue weighted by atomic mass is 10.1. The van der Waals surface area contributed by atoms with Crippen LogP contribution in [0.1, 0.15) is 6.42 Å². The highest BCUT2D eigenvalue weighted by Gasteiger charge is 2.35. The fourth-order valence-electron chi connectivity index (χ4n) is 3.54. The van der Waals surface area contributed by atoms with Crippen LogP contribution in [0.25, 0.3) is 10.8 Å². The number of methoxy groups -OCH3 is 1. The second kappa shape index (κ2) is 7.11. The number of hydrogen-bond donors (Lipinski definition) is 1. The second-order valence-corrected chi connectivity index (χ2v) is 6.59. The predicted molar refractivity (Wildman–Crippen MR) is 106 cm³/mol. The maximum absolute atomic E-state index is 12.7. The van der Waals surface area contributed by atoms with E-state index >= 15 is 0 Å². The van der Waals surface area contributed by atoms with Crippen LogP contribution in [0.5, 0.6) is 5.75 Å². The fraction of sp³-hybridized carbons (Fsp3) is 0.182. The summed E-state index contributed by atoms with van der Waals surface area (Å²) in [6.45, 7) is 0.369. The topological polar surface area (TPSA) is 58.6 Å². The number of amides is 2. The Hall–Kier alpha value is -3.34. The molecule has 3 aromatic rings. The van der Waals surface area contributed by atoms with Gasteiger partial charge in [0.25, 0.3) is 0 Å². The third-order valence-electron chi connectivity index (χ3n) is 4.92. The van der Waals surface area contributed by atoms with E-state index in [0.29, 0.717) is 18.0 Å². The average molecular weight is 360 g/mol. The van der Waals surface area contributed by atoms with Crippen LogP contribution in [-0.2, 0) is 9.59 Å². The number of carbonyl (C=O) groups excluding carboxylic acids is 2. The molecule has 0 saturated carbocycles. The number of hydrogen-bond acceptors (Lipinski definition) is 3. The molecule has 0 unspecified atom stereocenters. The van der Waals surface area contributed by atoms with Crippen LogP contribution in [0.2, 0.25) is 0 Å². The van der Waals surface area contributed by atoms with Crippen LogP contribution >= 0.6 is 0 Å². The van der Waals surface area contributed by atoms with Crippen molar-refractivity contribution in [2.24, 2.45) is 5.92 Å². The van der Waals surface area contributed by atoms with Gasteiger partial charge in [0, 0.05) is 18.4 Å². The van der Waals surface area contributed by atoms with E-state index in [2.05, 4.69) is 5.32 Å². The molecular weight excluding hydrogens is 340 g/mol. The van der Waals surface area contributed by atoms with Gasteiger partial charge >= 0.3 is 0 Å². The highest BCUT2D eigenvalue weighted by atomic mass is 16.5. The first-order chi connectivity index (χ1) is 13.2. The van der Waals surface area contributed by atoms with Crippen LogP contribution < -0.4 is 15.0 Å². The minimum atomic E-state index is -0.401. The standard InChI is InChI=1S/C22H20N2O3/c1-27-20-12-5-4-10-18(20)23-22(26)16-13-21(25)24(14-16)19-11-6-8-15-7-2-3-9-17(15)19/h2-12,16H,13-14H2,1H3,(H,23,26)/t16-/m0/s1. The zero-order valence-electron chi connectivity index (χ0n) is 15.0. The van der Waals surface area contributed by atoms with Crippen LogP contribution in [0.3, 0.4) is 0 Å². The third kappa shape index (κ3) is 3.24. The lowest BCUT2D eigenvalue weighted by molar-refractivity contribution is -0.122. The lowest BCUT2D eigenvalue weighted by Gasteiger charge is -2.19. The van der Waals surface area contributed by atoms with Crippen molar-refractivity contribution < 1.29 is 14.3 Å². The minimum absolute atomic E-state index is 0.0356. The van der Waals surface area contributed by atoms with E-state index in [0.717, 1.165) is 16.5 Å². The molecule has 1 aliphatic rings. The van der Waals surface area contributed by atoms with Gasteiger partial charge in [-0.1, -0.05) is 48.5 Å². The Balaban J connectivity index is 1.56. The summed E-state index contributed by atoms with van der Waals surface area (Å²) >= 11 is 0. The zero-order valence-corrected chi connectivity index (χ0v) is 15.0. The summed E-state index contributed by atoms with van der Waals surface area (Å²) in [4.78, 5) is 27.1. The van der Waals surface area contributed by atoms with Gasteiger partial charge < -0.3 is 15.0 Å². The summed E-state index contributed by atoms with van der Waals surface area (Å²) in [7, 11) is 1.56. The van der Waals surface area contributed by atoms with Crippen molar-refractivity contribution in [3.05, 3.63) is 66.7 Å². The molecule has 4 rings (SSSR count). The quantitative estimate of drug-likeness (QED) is 0.769. The molecule has 2 amide bonds. The van der Waals surface area contributed by atoms with Crippen molar-refractivity contribution in [1.29, 1.82) is 0 Å². The zero-order chi connectivity index (χ0) is 18.8. The number of nitrogens with one attached hydrogen (secondary N) is 1. The summed E-state index contributed by atoms with van der Waals surface area (Å²) in [6.07, 6.45) is 0.199. The smallest absolute Gasteiger partial charge is 0.229 e. The first kappa shape index (κ1) is 17.1. The van der Waals surface area contributed by atoms with Gasteiger partial charge in [-0.2, -0.15) is 0 Å². The molecule has 5 nitrogen and oxygen atoms in total. The number of carbonyl (C=O) groups is 2. The normalized spacial score (nSPS) is 16.6. The van der Waals surface area contributed by atoms with E-state index in [9.17, 15) is 9.59 Å². The number of rotatable bonds is 4. The third-order valence-corrected chi connectivity index (χ3v) is 4.92. The SMILES string of the molecule is COc1ccccc1NC(=O)[C@H]1CC(=O)N(c2cccc3ccccc23)C1. The van der Waals surface area contributed by atoms with E-state index in [4.69, 9.17) is 4.74 Å². The Morgan fingerprint density at radius 1 is 1.04 bits per heavy atom. The summed E-state index contributed by atoms with van der Waals surface area (Å²) in [5.41, 5.74) is 1.46. The van der Waals surface area contributed by atoms with E-state index in [1.165, 1.54) is 0 Å². The summed E-state index contributed by atoms with van der Waals surface area (Å²) in [6, 6.07) is 21.1. The van der Waals surface area contributed by atoms with E-state index < -0.39 is 5.92 Å². The first-order valence-corrected chi connectivity index (χ1v) is 8.89. The van der Waals surface area contributed by atoms with E-state index in [1.54, 1.807) is 24.1 Å². The van der Waals surface area contributed by atoms with E-state index in [-0.39, 0.29) is 18.2 Å². The molecule has 1 heterocycles. The summed E-state index contributed by atoms with van der Waals surface area (Å²) < 4.78 is 5.28. The van der Waals surface area contributed by atoms with Crippen molar-refractivity contribution in [2.45, 2.75) is 6.42 Å². The molecule has 1 saturated heterocycles. The van der Waals surface area contributed by atoms with Crippen molar-refractivity contribution in [1.82, 2.24) is 0 Å².